The lowest BCUT2D eigenvalue weighted by atomic mass is 10.1. The lowest BCUT2D eigenvalue weighted by Gasteiger charge is -2.25. The Morgan fingerprint density at radius 1 is 1.36 bits per heavy atom. The van der Waals surface area contributed by atoms with Gasteiger partial charge in [0, 0.05) is 39.6 Å². The predicted molar refractivity (Wildman–Crippen MR) is 113 cm³/mol. The van der Waals surface area contributed by atoms with E-state index in [0.717, 1.165) is 41.7 Å². The number of H-pyrrole nitrogens is 1. The van der Waals surface area contributed by atoms with Crippen molar-refractivity contribution in [2.45, 2.75) is 26.8 Å². The van der Waals surface area contributed by atoms with Gasteiger partial charge in [0.15, 0.2) is 5.11 Å². The van der Waals surface area contributed by atoms with Crippen LogP contribution in [0.1, 0.15) is 23.1 Å². The Morgan fingerprint density at radius 3 is 2.92 bits per heavy atom. The van der Waals surface area contributed by atoms with Gasteiger partial charge in [-0.2, -0.15) is 0 Å². The summed E-state index contributed by atoms with van der Waals surface area (Å²) in [6.07, 6.45) is 0.920. The number of benzene rings is 1. The van der Waals surface area contributed by atoms with Crippen molar-refractivity contribution in [1.82, 2.24) is 15.2 Å². The van der Waals surface area contributed by atoms with Gasteiger partial charge in [-0.3, -0.25) is 0 Å². The average molecular weight is 392 g/mol. The zero-order valence-electron chi connectivity index (χ0n) is 14.4. The maximum Gasteiger partial charge on any atom is 0.169 e. The molecular weight excluding hydrogens is 370 g/mol. The van der Waals surface area contributed by atoms with E-state index in [9.17, 15) is 0 Å². The van der Waals surface area contributed by atoms with Crippen LogP contribution in [0.25, 0.3) is 10.9 Å². The topological polar surface area (TPSA) is 31.1 Å². The summed E-state index contributed by atoms with van der Waals surface area (Å²) in [7, 11) is 0. The minimum Gasteiger partial charge on any atom is -0.363 e. The molecular formula is C19H22ClN3S2. The van der Waals surface area contributed by atoms with Gasteiger partial charge in [-0.15, -0.1) is 11.3 Å². The highest BCUT2D eigenvalue weighted by molar-refractivity contribution is 7.80. The molecule has 132 valence electrons. The summed E-state index contributed by atoms with van der Waals surface area (Å²) in [5.74, 6) is 0. The van der Waals surface area contributed by atoms with E-state index in [-0.39, 0.29) is 0 Å². The number of aryl methyl sites for hydroxylation is 1. The fraction of sp³-hybridized carbons (Fsp3) is 0.316. The van der Waals surface area contributed by atoms with Gasteiger partial charge >= 0.3 is 0 Å². The van der Waals surface area contributed by atoms with Crippen LogP contribution in [0.5, 0.6) is 0 Å². The second-order valence-electron chi connectivity index (χ2n) is 6.00. The number of hydrogen-bond acceptors (Lipinski definition) is 2. The SMILES string of the molecule is CCNC(=S)N(CCc1c(C)[nH]c2ccc(Cl)cc12)Cc1cccs1. The van der Waals surface area contributed by atoms with Crippen molar-refractivity contribution in [3.8, 4) is 0 Å². The zero-order valence-corrected chi connectivity index (χ0v) is 16.8. The van der Waals surface area contributed by atoms with Gasteiger partial charge in [0.05, 0.1) is 6.54 Å². The van der Waals surface area contributed by atoms with Crippen LogP contribution in [-0.2, 0) is 13.0 Å². The minimum atomic E-state index is 0.770. The second-order valence-corrected chi connectivity index (χ2v) is 7.86. The highest BCUT2D eigenvalue weighted by Crippen LogP contribution is 2.26. The van der Waals surface area contributed by atoms with E-state index >= 15 is 0 Å². The maximum atomic E-state index is 6.20. The Balaban J connectivity index is 1.79. The normalized spacial score (nSPS) is 11.0. The third-order valence-electron chi connectivity index (χ3n) is 4.26. The molecule has 0 fully saturated rings. The van der Waals surface area contributed by atoms with E-state index in [0.29, 0.717) is 0 Å². The molecule has 1 aromatic carbocycles. The predicted octanol–water partition coefficient (Wildman–Crippen LogP) is 5.13. The molecule has 0 amide bonds. The summed E-state index contributed by atoms with van der Waals surface area (Å²) in [6, 6.07) is 10.2. The number of aromatic amines is 1. The Morgan fingerprint density at radius 2 is 2.20 bits per heavy atom. The van der Waals surface area contributed by atoms with Crippen LogP contribution < -0.4 is 5.32 Å². The number of halogens is 1. The summed E-state index contributed by atoms with van der Waals surface area (Å²) in [5, 5.41) is 8.17. The maximum absolute atomic E-state index is 6.20. The standard InChI is InChI=1S/C19H22ClN3S2/c1-3-21-19(24)23(12-15-5-4-10-25-15)9-8-16-13(2)22-18-7-6-14(20)11-17(16)18/h4-7,10-11,22H,3,8-9,12H2,1-2H3,(H,21,24). The van der Waals surface area contributed by atoms with Gasteiger partial charge in [0.25, 0.3) is 0 Å². The van der Waals surface area contributed by atoms with E-state index in [1.807, 2.05) is 18.2 Å². The van der Waals surface area contributed by atoms with Crippen molar-refractivity contribution in [3.63, 3.8) is 0 Å². The van der Waals surface area contributed by atoms with Crippen molar-refractivity contribution in [1.29, 1.82) is 0 Å². The number of nitrogens with zero attached hydrogens (tertiary/aromatic N) is 1. The van der Waals surface area contributed by atoms with Crippen LogP contribution in [0.4, 0.5) is 0 Å². The summed E-state index contributed by atoms with van der Waals surface area (Å²) < 4.78 is 0. The minimum absolute atomic E-state index is 0.770. The van der Waals surface area contributed by atoms with E-state index in [4.69, 9.17) is 23.8 Å². The number of fused-ring (bicyclic) bond motifs is 1. The van der Waals surface area contributed by atoms with E-state index in [1.54, 1.807) is 11.3 Å². The number of thiocarbonyl (C=S) groups is 1. The quantitative estimate of drug-likeness (QED) is 0.571. The van der Waals surface area contributed by atoms with E-state index in [2.05, 4.69) is 46.6 Å². The summed E-state index contributed by atoms with van der Waals surface area (Å²) in [5.41, 5.74) is 3.65. The van der Waals surface area contributed by atoms with Crippen LogP contribution in [-0.4, -0.2) is 28.1 Å². The molecule has 2 N–H and O–H groups in total. The molecule has 3 nitrogen and oxygen atoms in total. The molecule has 0 aliphatic heterocycles. The molecule has 2 heterocycles. The molecule has 0 saturated carbocycles. The third kappa shape index (κ3) is 4.35. The molecule has 6 heteroatoms. The van der Waals surface area contributed by atoms with Gasteiger partial charge < -0.3 is 15.2 Å². The number of thiophene rings is 1. The third-order valence-corrected chi connectivity index (χ3v) is 5.75. The summed E-state index contributed by atoms with van der Waals surface area (Å²) in [4.78, 5) is 7.02. The molecule has 0 atom stereocenters. The van der Waals surface area contributed by atoms with Crippen LogP contribution in [0.3, 0.4) is 0 Å². The number of rotatable bonds is 6. The Bertz CT molecular complexity index is 855. The van der Waals surface area contributed by atoms with Crippen LogP contribution >= 0.6 is 35.2 Å². The molecule has 0 aliphatic carbocycles. The van der Waals surface area contributed by atoms with Crippen LogP contribution in [0.15, 0.2) is 35.7 Å². The van der Waals surface area contributed by atoms with E-state index in [1.165, 1.54) is 21.5 Å². The number of aromatic nitrogens is 1. The van der Waals surface area contributed by atoms with Crippen LogP contribution in [0.2, 0.25) is 5.02 Å². The molecule has 0 saturated heterocycles. The molecule has 0 unspecified atom stereocenters. The van der Waals surface area contributed by atoms with Gasteiger partial charge in [-0.1, -0.05) is 17.7 Å². The van der Waals surface area contributed by atoms with Crippen molar-refractivity contribution in [2.24, 2.45) is 0 Å². The van der Waals surface area contributed by atoms with Crippen molar-refractivity contribution in [3.05, 3.63) is 56.9 Å². The highest BCUT2D eigenvalue weighted by atomic mass is 35.5. The first kappa shape index (κ1) is 18.2. The monoisotopic (exact) mass is 391 g/mol. The molecule has 25 heavy (non-hydrogen) atoms. The smallest absolute Gasteiger partial charge is 0.169 e. The fourth-order valence-electron chi connectivity index (χ4n) is 3.03. The molecule has 3 aromatic rings. The first-order valence-electron chi connectivity index (χ1n) is 8.40. The largest absolute Gasteiger partial charge is 0.363 e. The van der Waals surface area contributed by atoms with Gasteiger partial charge in [0.1, 0.15) is 0 Å². The lowest BCUT2D eigenvalue weighted by Crippen LogP contribution is -2.40. The summed E-state index contributed by atoms with van der Waals surface area (Å²) >= 11 is 13.5. The number of hydrogen-bond donors (Lipinski definition) is 2. The first-order valence-corrected chi connectivity index (χ1v) is 10.1. The molecule has 2 aromatic heterocycles. The van der Waals surface area contributed by atoms with Crippen molar-refractivity contribution in [2.75, 3.05) is 13.1 Å². The van der Waals surface area contributed by atoms with Crippen molar-refractivity contribution >= 4 is 51.2 Å². The van der Waals surface area contributed by atoms with E-state index < -0.39 is 0 Å². The first-order chi connectivity index (χ1) is 12.1. The van der Waals surface area contributed by atoms with Crippen LogP contribution in [0, 0.1) is 6.92 Å². The Hall–Kier alpha value is -1.56. The second kappa shape index (κ2) is 8.21. The Kier molecular flexibility index (Phi) is 5.99. The molecule has 0 aliphatic rings. The lowest BCUT2D eigenvalue weighted by molar-refractivity contribution is 0.414. The molecule has 3 rings (SSSR count). The highest BCUT2D eigenvalue weighted by Gasteiger charge is 2.14. The van der Waals surface area contributed by atoms with Gasteiger partial charge in [-0.05, 0) is 67.7 Å². The zero-order chi connectivity index (χ0) is 17.8. The summed E-state index contributed by atoms with van der Waals surface area (Å²) in [6.45, 7) is 6.73. The van der Waals surface area contributed by atoms with Gasteiger partial charge in [-0.25, -0.2) is 0 Å². The molecule has 0 radical (unpaired) electrons. The average Bonchev–Trinajstić information content (AvgIpc) is 3.19. The fourth-order valence-corrected chi connectivity index (χ4v) is 4.22. The molecule has 0 bridgehead atoms. The van der Waals surface area contributed by atoms with Gasteiger partial charge in [0.2, 0.25) is 0 Å². The number of nitrogens with one attached hydrogen (secondary N) is 2. The molecule has 0 spiro atoms. The Labute approximate surface area is 163 Å². The van der Waals surface area contributed by atoms with Crippen molar-refractivity contribution < 1.29 is 0 Å².